The number of hydrogen-bond donors (Lipinski definition) is 1. The van der Waals surface area contributed by atoms with Gasteiger partial charge in [0, 0.05) is 18.0 Å². The topological polar surface area (TPSA) is 40.5 Å². The highest BCUT2D eigenvalue weighted by atomic mass is 32.1. The van der Waals surface area contributed by atoms with Gasteiger partial charge in [-0.3, -0.25) is 9.69 Å². The Balaban J connectivity index is 2.11. The monoisotopic (exact) mass is 211 g/mol. The second kappa shape index (κ2) is 3.71. The van der Waals surface area contributed by atoms with Crippen LogP contribution in [0.3, 0.4) is 0 Å². The summed E-state index contributed by atoms with van der Waals surface area (Å²) in [6.07, 6.45) is 0.983. The number of carboxylic acids is 1. The summed E-state index contributed by atoms with van der Waals surface area (Å²) >= 11 is 1.72. The third-order valence-corrected chi connectivity index (χ3v) is 3.71. The van der Waals surface area contributed by atoms with Crippen molar-refractivity contribution in [1.82, 2.24) is 4.90 Å². The standard InChI is InChI=1S/C10H13NO2S/c1-7(10(12)13)11-4-2-8-3-5-14-9(8)6-11/h3,5,7H,2,4,6H2,1H3,(H,12,13). The molecule has 76 valence electrons. The summed E-state index contributed by atoms with van der Waals surface area (Å²) in [5.74, 6) is -0.731. The van der Waals surface area contributed by atoms with E-state index in [1.54, 1.807) is 18.3 Å². The van der Waals surface area contributed by atoms with E-state index in [2.05, 4.69) is 11.4 Å². The number of nitrogens with zero attached hydrogens (tertiary/aromatic N) is 1. The van der Waals surface area contributed by atoms with E-state index in [4.69, 9.17) is 5.11 Å². The molecule has 3 nitrogen and oxygen atoms in total. The predicted molar refractivity (Wildman–Crippen MR) is 55.5 cm³/mol. The summed E-state index contributed by atoms with van der Waals surface area (Å²) in [5, 5.41) is 11.0. The molecule has 0 spiro atoms. The van der Waals surface area contributed by atoms with Gasteiger partial charge in [0.15, 0.2) is 0 Å². The Bertz CT molecular complexity index is 348. The molecule has 0 fully saturated rings. The lowest BCUT2D eigenvalue weighted by Gasteiger charge is -2.29. The van der Waals surface area contributed by atoms with Crippen molar-refractivity contribution in [2.24, 2.45) is 0 Å². The molecule has 0 saturated heterocycles. The molecule has 0 aromatic carbocycles. The van der Waals surface area contributed by atoms with Gasteiger partial charge in [-0.15, -0.1) is 11.3 Å². The fourth-order valence-electron chi connectivity index (χ4n) is 1.74. The summed E-state index contributed by atoms with van der Waals surface area (Å²) in [6.45, 7) is 3.40. The van der Waals surface area contributed by atoms with Gasteiger partial charge in [0.2, 0.25) is 0 Å². The van der Waals surface area contributed by atoms with Gasteiger partial charge in [0.1, 0.15) is 6.04 Å². The van der Waals surface area contributed by atoms with Crippen LogP contribution in [0.5, 0.6) is 0 Å². The predicted octanol–water partition coefficient (Wildman–Crippen LogP) is 1.58. The van der Waals surface area contributed by atoms with Crippen LogP contribution >= 0.6 is 11.3 Å². The van der Waals surface area contributed by atoms with Crippen molar-refractivity contribution in [3.8, 4) is 0 Å². The molecule has 0 aliphatic carbocycles. The minimum absolute atomic E-state index is 0.370. The molecule has 1 aliphatic heterocycles. The average molecular weight is 211 g/mol. The van der Waals surface area contributed by atoms with Crippen molar-refractivity contribution in [2.75, 3.05) is 6.54 Å². The molecule has 1 atom stereocenters. The van der Waals surface area contributed by atoms with Crippen LogP contribution in [0.25, 0.3) is 0 Å². The third-order valence-electron chi connectivity index (χ3n) is 2.76. The lowest BCUT2D eigenvalue weighted by Crippen LogP contribution is -2.41. The quantitative estimate of drug-likeness (QED) is 0.807. The summed E-state index contributed by atoms with van der Waals surface area (Å²) < 4.78 is 0. The lowest BCUT2D eigenvalue weighted by molar-refractivity contribution is -0.142. The van der Waals surface area contributed by atoms with Gasteiger partial charge in [-0.2, -0.15) is 0 Å². The number of carboxylic acid groups (broad SMARTS) is 1. The van der Waals surface area contributed by atoms with Crippen molar-refractivity contribution in [1.29, 1.82) is 0 Å². The van der Waals surface area contributed by atoms with E-state index in [1.165, 1.54) is 10.4 Å². The molecule has 4 heteroatoms. The lowest BCUT2D eigenvalue weighted by atomic mass is 10.1. The highest BCUT2D eigenvalue weighted by Gasteiger charge is 2.25. The molecule has 0 radical (unpaired) electrons. The van der Waals surface area contributed by atoms with Gasteiger partial charge in [-0.25, -0.2) is 0 Å². The van der Waals surface area contributed by atoms with Crippen LogP contribution in [0.2, 0.25) is 0 Å². The van der Waals surface area contributed by atoms with Gasteiger partial charge in [-0.05, 0) is 30.4 Å². The Morgan fingerprint density at radius 2 is 2.50 bits per heavy atom. The molecular weight excluding hydrogens is 198 g/mol. The minimum Gasteiger partial charge on any atom is -0.480 e. The Morgan fingerprint density at radius 3 is 3.21 bits per heavy atom. The summed E-state index contributed by atoms with van der Waals surface area (Å²) in [6, 6.07) is 1.77. The van der Waals surface area contributed by atoms with E-state index in [0.717, 1.165) is 19.5 Å². The first-order valence-electron chi connectivity index (χ1n) is 4.70. The summed E-state index contributed by atoms with van der Waals surface area (Å²) in [4.78, 5) is 14.1. The van der Waals surface area contributed by atoms with Gasteiger partial charge in [-0.1, -0.05) is 0 Å². The van der Waals surface area contributed by atoms with Crippen molar-refractivity contribution in [2.45, 2.75) is 25.9 Å². The number of aliphatic carboxylic acids is 1. The smallest absolute Gasteiger partial charge is 0.320 e. The zero-order valence-electron chi connectivity index (χ0n) is 8.06. The van der Waals surface area contributed by atoms with Crippen molar-refractivity contribution < 1.29 is 9.90 Å². The molecule has 14 heavy (non-hydrogen) atoms. The van der Waals surface area contributed by atoms with Gasteiger partial charge in [0.25, 0.3) is 0 Å². The fourth-order valence-corrected chi connectivity index (χ4v) is 2.70. The van der Waals surface area contributed by atoms with Crippen molar-refractivity contribution in [3.63, 3.8) is 0 Å². The highest BCUT2D eigenvalue weighted by Crippen LogP contribution is 2.25. The van der Waals surface area contributed by atoms with E-state index < -0.39 is 5.97 Å². The second-order valence-electron chi connectivity index (χ2n) is 3.60. The average Bonchev–Trinajstić information content (AvgIpc) is 2.62. The Hall–Kier alpha value is -0.870. The van der Waals surface area contributed by atoms with Crippen molar-refractivity contribution in [3.05, 3.63) is 21.9 Å². The first-order valence-corrected chi connectivity index (χ1v) is 5.58. The molecule has 2 heterocycles. The van der Waals surface area contributed by atoms with Crippen LogP contribution in [-0.4, -0.2) is 28.6 Å². The van der Waals surface area contributed by atoms with Crippen LogP contribution in [0, 0.1) is 0 Å². The van der Waals surface area contributed by atoms with E-state index in [1.807, 2.05) is 4.90 Å². The van der Waals surface area contributed by atoms with Gasteiger partial charge in [0.05, 0.1) is 0 Å². The van der Waals surface area contributed by atoms with Gasteiger partial charge >= 0.3 is 5.97 Å². The van der Waals surface area contributed by atoms with E-state index in [-0.39, 0.29) is 6.04 Å². The van der Waals surface area contributed by atoms with E-state index in [9.17, 15) is 4.79 Å². The Morgan fingerprint density at radius 1 is 1.71 bits per heavy atom. The SMILES string of the molecule is CC(C(=O)O)N1CCc2ccsc2C1. The maximum Gasteiger partial charge on any atom is 0.320 e. The Kier molecular flexibility index (Phi) is 2.56. The second-order valence-corrected chi connectivity index (χ2v) is 4.60. The zero-order valence-corrected chi connectivity index (χ0v) is 8.88. The molecule has 1 aliphatic rings. The maximum absolute atomic E-state index is 10.8. The van der Waals surface area contributed by atoms with Crippen molar-refractivity contribution >= 4 is 17.3 Å². The number of thiophene rings is 1. The molecular formula is C10H13NO2S. The minimum atomic E-state index is -0.731. The molecule has 2 rings (SSSR count). The highest BCUT2D eigenvalue weighted by molar-refractivity contribution is 7.10. The molecule has 1 aromatic heterocycles. The van der Waals surface area contributed by atoms with Crippen LogP contribution in [0.1, 0.15) is 17.4 Å². The summed E-state index contributed by atoms with van der Waals surface area (Å²) in [7, 11) is 0. The molecule has 1 N–H and O–H groups in total. The maximum atomic E-state index is 10.8. The molecule has 1 aromatic rings. The summed E-state index contributed by atoms with van der Waals surface area (Å²) in [5.41, 5.74) is 1.39. The Labute approximate surface area is 87.0 Å². The zero-order chi connectivity index (χ0) is 10.1. The molecule has 0 saturated carbocycles. The van der Waals surface area contributed by atoms with Crippen LogP contribution in [-0.2, 0) is 17.8 Å². The van der Waals surface area contributed by atoms with Crippen LogP contribution in [0.4, 0.5) is 0 Å². The van der Waals surface area contributed by atoms with Crippen LogP contribution < -0.4 is 0 Å². The number of rotatable bonds is 2. The largest absolute Gasteiger partial charge is 0.480 e. The third kappa shape index (κ3) is 1.67. The van der Waals surface area contributed by atoms with Gasteiger partial charge < -0.3 is 5.11 Å². The first kappa shape index (κ1) is 9.68. The number of fused-ring (bicyclic) bond motifs is 1. The van der Waals surface area contributed by atoms with E-state index >= 15 is 0 Å². The van der Waals surface area contributed by atoms with E-state index in [0.29, 0.717) is 0 Å². The number of hydrogen-bond acceptors (Lipinski definition) is 3. The first-order chi connectivity index (χ1) is 6.68. The molecule has 0 bridgehead atoms. The normalized spacial score (nSPS) is 18.9. The van der Waals surface area contributed by atoms with Crippen LogP contribution in [0.15, 0.2) is 11.4 Å². The molecule has 1 unspecified atom stereocenters. The number of carbonyl (C=O) groups is 1. The fraction of sp³-hybridized carbons (Fsp3) is 0.500. The molecule has 0 amide bonds.